The Labute approximate surface area is 119 Å². The van der Waals surface area contributed by atoms with E-state index in [1.54, 1.807) is 0 Å². The number of likely N-dealkylation sites (tertiary alicyclic amines) is 2. The maximum Gasteiger partial charge on any atom is 0.276 e. The van der Waals surface area contributed by atoms with Crippen molar-refractivity contribution in [2.45, 2.75) is 38.6 Å². The van der Waals surface area contributed by atoms with Gasteiger partial charge in [0.25, 0.3) is 5.91 Å². The van der Waals surface area contributed by atoms with Crippen LogP contribution in [0.4, 0.5) is 0 Å². The minimum Gasteiger partial charge on any atom is -0.337 e. The highest BCUT2D eigenvalue weighted by Gasteiger charge is 2.31. The van der Waals surface area contributed by atoms with Gasteiger partial charge in [-0.2, -0.15) is 15.4 Å². The average molecular weight is 277 g/mol. The van der Waals surface area contributed by atoms with Crippen LogP contribution < -0.4 is 0 Å². The van der Waals surface area contributed by atoms with Crippen molar-refractivity contribution in [2.24, 2.45) is 5.92 Å². The molecular formula is C14H23N5O. The Morgan fingerprint density at radius 3 is 2.60 bits per heavy atom. The zero-order valence-corrected chi connectivity index (χ0v) is 12.1. The lowest BCUT2D eigenvalue weighted by atomic mass is 9.89. The molecule has 1 N–H and O–H groups in total. The number of carbonyl (C=O) groups is 1. The van der Waals surface area contributed by atoms with E-state index in [1.807, 2.05) is 4.90 Å². The number of nitrogens with one attached hydrogen (secondary N) is 1. The van der Waals surface area contributed by atoms with Gasteiger partial charge in [0.05, 0.1) is 6.20 Å². The summed E-state index contributed by atoms with van der Waals surface area (Å²) in [6, 6.07) is 0.654. The fourth-order valence-corrected chi connectivity index (χ4v) is 3.50. The van der Waals surface area contributed by atoms with E-state index in [0.29, 0.717) is 11.7 Å². The van der Waals surface area contributed by atoms with Gasteiger partial charge in [-0.05, 0) is 51.6 Å². The molecule has 2 saturated heterocycles. The maximum atomic E-state index is 12.2. The summed E-state index contributed by atoms with van der Waals surface area (Å²) in [5.74, 6) is 0.723. The van der Waals surface area contributed by atoms with Gasteiger partial charge in [0.15, 0.2) is 5.69 Å². The monoisotopic (exact) mass is 277 g/mol. The van der Waals surface area contributed by atoms with Gasteiger partial charge >= 0.3 is 0 Å². The molecule has 0 saturated carbocycles. The Hall–Kier alpha value is -1.43. The number of hydrogen-bond donors (Lipinski definition) is 1. The second kappa shape index (κ2) is 5.91. The zero-order chi connectivity index (χ0) is 13.9. The fraction of sp³-hybridized carbons (Fsp3) is 0.786. The molecule has 2 aliphatic rings. The highest BCUT2D eigenvalue weighted by Crippen LogP contribution is 2.26. The fourth-order valence-electron chi connectivity index (χ4n) is 3.50. The molecule has 3 rings (SSSR count). The summed E-state index contributed by atoms with van der Waals surface area (Å²) >= 11 is 0. The first-order valence-corrected chi connectivity index (χ1v) is 7.65. The minimum absolute atomic E-state index is 0.00558. The number of carbonyl (C=O) groups excluding carboxylic acids is 1. The standard InChI is InChI=1S/C14H23N5O/c1-11(18-6-2-3-7-18)12-4-8-19(9-5-12)14(20)13-10-15-17-16-13/h10-12H,2-9H2,1H3,(H,15,16,17). The maximum absolute atomic E-state index is 12.2. The van der Waals surface area contributed by atoms with Crippen LogP contribution in [0, 0.1) is 5.92 Å². The van der Waals surface area contributed by atoms with E-state index < -0.39 is 0 Å². The van der Waals surface area contributed by atoms with Gasteiger partial charge in [-0.3, -0.25) is 4.79 Å². The summed E-state index contributed by atoms with van der Waals surface area (Å²) in [5, 5.41) is 10.1. The van der Waals surface area contributed by atoms with Gasteiger partial charge in [-0.1, -0.05) is 0 Å². The second-order valence-corrected chi connectivity index (χ2v) is 5.97. The number of aromatic nitrogens is 3. The van der Waals surface area contributed by atoms with Gasteiger partial charge < -0.3 is 9.80 Å². The average Bonchev–Trinajstić information content (AvgIpc) is 3.18. The molecule has 1 unspecified atom stereocenters. The van der Waals surface area contributed by atoms with Crippen LogP contribution >= 0.6 is 0 Å². The Balaban J connectivity index is 1.53. The molecule has 0 radical (unpaired) electrons. The first-order valence-electron chi connectivity index (χ1n) is 7.65. The van der Waals surface area contributed by atoms with Crippen LogP contribution in [0.1, 0.15) is 43.1 Å². The predicted octanol–water partition coefficient (Wildman–Crippen LogP) is 1.14. The molecule has 20 heavy (non-hydrogen) atoms. The quantitative estimate of drug-likeness (QED) is 0.900. The van der Waals surface area contributed by atoms with Gasteiger partial charge in [-0.15, -0.1) is 0 Å². The van der Waals surface area contributed by atoms with E-state index in [0.717, 1.165) is 31.8 Å². The number of rotatable bonds is 3. The first-order chi connectivity index (χ1) is 9.75. The molecule has 3 heterocycles. The van der Waals surface area contributed by atoms with Crippen LogP contribution in [0.25, 0.3) is 0 Å². The van der Waals surface area contributed by atoms with Gasteiger partial charge in [0.1, 0.15) is 0 Å². The molecule has 1 amide bonds. The van der Waals surface area contributed by atoms with Crippen molar-refractivity contribution in [1.29, 1.82) is 0 Å². The molecular weight excluding hydrogens is 254 g/mol. The second-order valence-electron chi connectivity index (χ2n) is 5.97. The van der Waals surface area contributed by atoms with Crippen molar-refractivity contribution in [3.63, 3.8) is 0 Å². The predicted molar refractivity (Wildman–Crippen MR) is 75.3 cm³/mol. The Bertz CT molecular complexity index is 432. The molecule has 110 valence electrons. The number of aromatic amines is 1. The summed E-state index contributed by atoms with van der Waals surface area (Å²) in [5.41, 5.74) is 0.427. The molecule has 2 fully saturated rings. The third-order valence-corrected chi connectivity index (χ3v) is 4.86. The molecule has 1 aromatic rings. The third kappa shape index (κ3) is 2.70. The number of hydrogen-bond acceptors (Lipinski definition) is 4. The van der Waals surface area contributed by atoms with E-state index in [-0.39, 0.29) is 5.91 Å². The first kappa shape index (κ1) is 13.5. The van der Waals surface area contributed by atoms with Crippen LogP contribution in [-0.4, -0.2) is 63.3 Å². The molecule has 0 aromatic carbocycles. The summed E-state index contributed by atoms with van der Waals surface area (Å²) < 4.78 is 0. The molecule has 6 heteroatoms. The Morgan fingerprint density at radius 2 is 2.00 bits per heavy atom. The van der Waals surface area contributed by atoms with Crippen LogP contribution in [0.5, 0.6) is 0 Å². The molecule has 0 bridgehead atoms. The molecule has 0 aliphatic carbocycles. The van der Waals surface area contributed by atoms with E-state index >= 15 is 0 Å². The van der Waals surface area contributed by atoms with E-state index in [2.05, 4.69) is 27.2 Å². The molecule has 1 aromatic heterocycles. The number of H-pyrrole nitrogens is 1. The smallest absolute Gasteiger partial charge is 0.276 e. The van der Waals surface area contributed by atoms with Crippen molar-refractivity contribution >= 4 is 5.91 Å². The summed E-state index contributed by atoms with van der Waals surface area (Å²) in [4.78, 5) is 16.7. The lowest BCUT2D eigenvalue weighted by molar-refractivity contribution is 0.0618. The van der Waals surface area contributed by atoms with E-state index in [1.165, 1.54) is 32.1 Å². The normalized spacial score (nSPS) is 23.1. The Morgan fingerprint density at radius 1 is 1.30 bits per heavy atom. The van der Waals surface area contributed by atoms with Crippen LogP contribution in [0.15, 0.2) is 6.20 Å². The summed E-state index contributed by atoms with van der Waals surface area (Å²) in [6.07, 6.45) is 6.38. The largest absolute Gasteiger partial charge is 0.337 e. The van der Waals surface area contributed by atoms with Gasteiger partial charge in [-0.25, -0.2) is 0 Å². The van der Waals surface area contributed by atoms with Gasteiger partial charge in [0, 0.05) is 19.1 Å². The minimum atomic E-state index is 0.00558. The molecule has 2 aliphatic heterocycles. The molecule has 1 atom stereocenters. The zero-order valence-electron chi connectivity index (χ0n) is 12.1. The number of nitrogens with zero attached hydrogens (tertiary/aromatic N) is 4. The number of piperidine rings is 1. The summed E-state index contributed by atoms with van der Waals surface area (Å²) in [7, 11) is 0. The number of amides is 1. The van der Waals surface area contributed by atoms with Crippen LogP contribution in [-0.2, 0) is 0 Å². The molecule has 0 spiro atoms. The highest BCUT2D eigenvalue weighted by molar-refractivity contribution is 5.91. The Kier molecular flexibility index (Phi) is 4.00. The SMILES string of the molecule is CC(C1CCN(C(=O)c2cn[nH]n2)CC1)N1CCCC1. The van der Waals surface area contributed by atoms with Crippen molar-refractivity contribution in [3.05, 3.63) is 11.9 Å². The van der Waals surface area contributed by atoms with Gasteiger partial charge in [0.2, 0.25) is 0 Å². The summed E-state index contributed by atoms with van der Waals surface area (Å²) in [6.45, 7) is 6.53. The van der Waals surface area contributed by atoms with Crippen molar-refractivity contribution in [3.8, 4) is 0 Å². The van der Waals surface area contributed by atoms with E-state index in [4.69, 9.17) is 0 Å². The van der Waals surface area contributed by atoms with Crippen molar-refractivity contribution < 1.29 is 4.79 Å². The topological polar surface area (TPSA) is 65.1 Å². The lowest BCUT2D eigenvalue weighted by Crippen LogP contribution is -2.45. The van der Waals surface area contributed by atoms with Crippen molar-refractivity contribution in [1.82, 2.24) is 25.2 Å². The molecule has 6 nitrogen and oxygen atoms in total. The van der Waals surface area contributed by atoms with Crippen LogP contribution in [0.2, 0.25) is 0 Å². The van der Waals surface area contributed by atoms with E-state index in [9.17, 15) is 4.79 Å². The van der Waals surface area contributed by atoms with Crippen LogP contribution in [0.3, 0.4) is 0 Å². The third-order valence-electron chi connectivity index (χ3n) is 4.86. The highest BCUT2D eigenvalue weighted by atomic mass is 16.2. The lowest BCUT2D eigenvalue weighted by Gasteiger charge is -2.38. The van der Waals surface area contributed by atoms with Crippen molar-refractivity contribution in [2.75, 3.05) is 26.2 Å².